The van der Waals surface area contributed by atoms with Crippen molar-refractivity contribution in [2.24, 2.45) is 0 Å². The Morgan fingerprint density at radius 2 is 2.35 bits per heavy atom. The Balaban J connectivity index is 1.69. The van der Waals surface area contributed by atoms with E-state index in [9.17, 15) is 0 Å². The van der Waals surface area contributed by atoms with Crippen molar-refractivity contribution in [3.8, 4) is 0 Å². The van der Waals surface area contributed by atoms with Gasteiger partial charge in [-0.15, -0.1) is 16.4 Å². The average molecular weight is 252 g/mol. The number of aryl methyl sites for hydroxylation is 2. The monoisotopic (exact) mass is 252 g/mol. The van der Waals surface area contributed by atoms with Crippen LogP contribution in [0.3, 0.4) is 0 Å². The third-order valence-electron chi connectivity index (χ3n) is 2.39. The van der Waals surface area contributed by atoms with Gasteiger partial charge in [-0.2, -0.15) is 0 Å². The lowest BCUT2D eigenvalue weighted by Crippen LogP contribution is -2.20. The van der Waals surface area contributed by atoms with E-state index in [2.05, 4.69) is 37.8 Å². The zero-order valence-corrected chi connectivity index (χ0v) is 10.9. The zero-order valence-electron chi connectivity index (χ0n) is 10.1. The summed E-state index contributed by atoms with van der Waals surface area (Å²) in [6.07, 6.45) is 2.68. The summed E-state index contributed by atoms with van der Waals surface area (Å²) in [7, 11) is 2.11. The number of rotatable bonds is 6. The van der Waals surface area contributed by atoms with Gasteiger partial charge in [-0.3, -0.25) is 4.90 Å². The Kier molecular flexibility index (Phi) is 4.16. The van der Waals surface area contributed by atoms with Gasteiger partial charge in [0.25, 0.3) is 0 Å². The molecule has 17 heavy (non-hydrogen) atoms. The highest BCUT2D eigenvalue weighted by Crippen LogP contribution is 2.10. The van der Waals surface area contributed by atoms with Crippen molar-refractivity contribution in [1.82, 2.24) is 30.1 Å². The fourth-order valence-corrected chi connectivity index (χ4v) is 2.42. The Hall–Kier alpha value is -1.34. The lowest BCUT2D eigenvalue weighted by Gasteiger charge is -2.14. The maximum absolute atomic E-state index is 4.45. The third kappa shape index (κ3) is 3.86. The van der Waals surface area contributed by atoms with Gasteiger partial charge in [0.1, 0.15) is 11.3 Å². The maximum atomic E-state index is 4.45. The van der Waals surface area contributed by atoms with E-state index in [0.717, 1.165) is 31.7 Å². The molecule has 0 amide bonds. The molecule has 0 unspecified atom stereocenters. The van der Waals surface area contributed by atoms with Crippen LogP contribution in [0, 0.1) is 6.92 Å². The number of thiazole rings is 1. The minimum absolute atomic E-state index is 0.855. The SMILES string of the molecule is Cc1csc(CN(C)CCCn2cnnn2)n1. The molecule has 0 saturated carbocycles. The Bertz CT molecular complexity index is 437. The molecule has 0 spiro atoms. The molecule has 0 saturated heterocycles. The molecule has 0 aromatic carbocycles. The second kappa shape index (κ2) is 5.83. The van der Waals surface area contributed by atoms with Crippen LogP contribution in [0.2, 0.25) is 0 Å². The van der Waals surface area contributed by atoms with Gasteiger partial charge < -0.3 is 0 Å². The molecular formula is C10H16N6S. The molecule has 0 fully saturated rings. The first kappa shape index (κ1) is 12.1. The van der Waals surface area contributed by atoms with Gasteiger partial charge in [-0.25, -0.2) is 9.67 Å². The summed E-state index contributed by atoms with van der Waals surface area (Å²) in [5, 5.41) is 14.3. The fraction of sp³-hybridized carbons (Fsp3) is 0.600. The fourth-order valence-electron chi connectivity index (χ4n) is 1.57. The van der Waals surface area contributed by atoms with Gasteiger partial charge in [0.2, 0.25) is 0 Å². The molecule has 6 nitrogen and oxygen atoms in total. The van der Waals surface area contributed by atoms with Crippen molar-refractivity contribution >= 4 is 11.3 Å². The van der Waals surface area contributed by atoms with Crippen LogP contribution in [0.1, 0.15) is 17.1 Å². The quantitative estimate of drug-likeness (QED) is 0.766. The first-order valence-corrected chi connectivity index (χ1v) is 6.42. The van der Waals surface area contributed by atoms with Crippen LogP contribution in [0.25, 0.3) is 0 Å². The van der Waals surface area contributed by atoms with Gasteiger partial charge in [-0.05, 0) is 30.8 Å². The highest BCUT2D eigenvalue weighted by Gasteiger charge is 2.04. The van der Waals surface area contributed by atoms with Crippen molar-refractivity contribution in [3.63, 3.8) is 0 Å². The second-order valence-corrected chi connectivity index (χ2v) is 4.99. The molecule has 0 aliphatic heterocycles. The Morgan fingerprint density at radius 1 is 1.47 bits per heavy atom. The predicted octanol–water partition coefficient (Wildman–Crippen LogP) is 0.960. The molecule has 2 aromatic rings. The molecular weight excluding hydrogens is 236 g/mol. The van der Waals surface area contributed by atoms with Crippen molar-refractivity contribution in [2.45, 2.75) is 26.4 Å². The van der Waals surface area contributed by atoms with Crippen molar-refractivity contribution in [3.05, 3.63) is 22.4 Å². The molecule has 2 heterocycles. The van der Waals surface area contributed by atoms with E-state index in [1.807, 2.05) is 6.92 Å². The van der Waals surface area contributed by atoms with Crippen LogP contribution in [-0.4, -0.2) is 43.7 Å². The van der Waals surface area contributed by atoms with Crippen LogP contribution in [0.15, 0.2) is 11.7 Å². The molecule has 0 radical (unpaired) electrons. The van der Waals surface area contributed by atoms with Crippen molar-refractivity contribution in [1.29, 1.82) is 0 Å². The largest absolute Gasteiger partial charge is 0.300 e. The number of aromatic nitrogens is 5. The van der Waals surface area contributed by atoms with Crippen molar-refractivity contribution in [2.75, 3.05) is 13.6 Å². The highest BCUT2D eigenvalue weighted by atomic mass is 32.1. The molecule has 0 N–H and O–H groups in total. The molecule has 0 aliphatic carbocycles. The number of hydrogen-bond donors (Lipinski definition) is 0. The van der Waals surface area contributed by atoms with Gasteiger partial charge in [0.05, 0.1) is 6.54 Å². The lowest BCUT2D eigenvalue weighted by atomic mass is 10.4. The second-order valence-electron chi connectivity index (χ2n) is 4.05. The van der Waals surface area contributed by atoms with Gasteiger partial charge >= 0.3 is 0 Å². The molecule has 2 aromatic heterocycles. The van der Waals surface area contributed by atoms with Gasteiger partial charge in [0.15, 0.2) is 0 Å². The minimum Gasteiger partial charge on any atom is -0.300 e. The van der Waals surface area contributed by atoms with E-state index < -0.39 is 0 Å². The standard InChI is InChI=1S/C10H16N6S/c1-9-7-17-10(12-9)6-15(2)4-3-5-16-8-11-13-14-16/h7-8H,3-6H2,1-2H3. The topological polar surface area (TPSA) is 59.7 Å². The molecule has 0 atom stereocenters. The molecule has 92 valence electrons. The predicted molar refractivity (Wildman–Crippen MR) is 65.6 cm³/mol. The number of tetrazole rings is 1. The Labute approximate surface area is 104 Å². The Morgan fingerprint density at radius 3 is 3.00 bits per heavy atom. The third-order valence-corrected chi connectivity index (χ3v) is 3.34. The van der Waals surface area contributed by atoms with Crippen LogP contribution in [-0.2, 0) is 13.1 Å². The number of hydrogen-bond acceptors (Lipinski definition) is 6. The van der Waals surface area contributed by atoms with E-state index in [0.29, 0.717) is 0 Å². The van der Waals surface area contributed by atoms with E-state index in [1.54, 1.807) is 22.3 Å². The van der Waals surface area contributed by atoms with Crippen LogP contribution in [0.5, 0.6) is 0 Å². The van der Waals surface area contributed by atoms with E-state index >= 15 is 0 Å². The first-order chi connectivity index (χ1) is 8.24. The van der Waals surface area contributed by atoms with Crippen LogP contribution >= 0.6 is 11.3 Å². The molecule has 2 rings (SSSR count). The van der Waals surface area contributed by atoms with E-state index in [1.165, 1.54) is 5.01 Å². The molecule has 0 aliphatic rings. The van der Waals surface area contributed by atoms with Crippen molar-refractivity contribution < 1.29 is 0 Å². The van der Waals surface area contributed by atoms with E-state index in [4.69, 9.17) is 0 Å². The van der Waals surface area contributed by atoms with Gasteiger partial charge in [0, 0.05) is 24.2 Å². The smallest absolute Gasteiger partial charge is 0.138 e. The van der Waals surface area contributed by atoms with Crippen LogP contribution in [0.4, 0.5) is 0 Å². The van der Waals surface area contributed by atoms with Crippen LogP contribution < -0.4 is 0 Å². The summed E-state index contributed by atoms with van der Waals surface area (Å²) in [5.41, 5.74) is 1.10. The maximum Gasteiger partial charge on any atom is 0.138 e. The minimum atomic E-state index is 0.855. The highest BCUT2D eigenvalue weighted by molar-refractivity contribution is 7.09. The normalized spacial score (nSPS) is 11.2. The average Bonchev–Trinajstić information content (AvgIpc) is 2.90. The lowest BCUT2D eigenvalue weighted by molar-refractivity contribution is 0.310. The van der Waals surface area contributed by atoms with Gasteiger partial charge in [-0.1, -0.05) is 0 Å². The number of nitrogens with zero attached hydrogens (tertiary/aromatic N) is 6. The summed E-state index contributed by atoms with van der Waals surface area (Å²) in [4.78, 5) is 6.71. The summed E-state index contributed by atoms with van der Waals surface area (Å²) in [6.45, 7) is 4.80. The summed E-state index contributed by atoms with van der Waals surface area (Å²) >= 11 is 1.72. The molecule has 7 heteroatoms. The summed E-state index contributed by atoms with van der Waals surface area (Å²) in [6, 6.07) is 0. The molecule has 0 bridgehead atoms. The van der Waals surface area contributed by atoms with E-state index in [-0.39, 0.29) is 0 Å². The first-order valence-electron chi connectivity index (χ1n) is 5.54. The zero-order chi connectivity index (χ0) is 12.1. The summed E-state index contributed by atoms with van der Waals surface area (Å²) in [5.74, 6) is 0. The summed E-state index contributed by atoms with van der Waals surface area (Å²) < 4.78 is 1.75.